The predicted octanol–water partition coefficient (Wildman–Crippen LogP) is 2.19. The second-order valence-corrected chi connectivity index (χ2v) is 6.21. The smallest absolute Gasteiger partial charge is 0.266 e. The number of amides is 1. The normalized spacial score (nSPS) is 18.8. The molecule has 2 fully saturated rings. The molecular formula is C17H20N4O2. The first-order valence-corrected chi connectivity index (χ1v) is 8.24. The Bertz CT molecular complexity index is 681. The molecule has 0 radical (unpaired) electrons. The zero-order chi connectivity index (χ0) is 15.6. The SMILES string of the molecule is O=C(C1CC1)N1CCCN(c2noc(-c3ccccc3)n2)CC1. The Morgan fingerprint density at radius 2 is 1.91 bits per heavy atom. The molecule has 1 aliphatic heterocycles. The average Bonchev–Trinajstić information content (AvgIpc) is 3.37. The fourth-order valence-corrected chi connectivity index (χ4v) is 2.97. The number of hydrogen-bond donors (Lipinski definition) is 0. The minimum atomic E-state index is 0.288. The average molecular weight is 312 g/mol. The van der Waals surface area contributed by atoms with Crippen LogP contribution in [-0.4, -0.2) is 47.1 Å². The molecule has 0 N–H and O–H groups in total. The van der Waals surface area contributed by atoms with Gasteiger partial charge >= 0.3 is 0 Å². The molecular weight excluding hydrogens is 292 g/mol. The molecule has 1 saturated carbocycles. The van der Waals surface area contributed by atoms with Gasteiger partial charge < -0.3 is 14.3 Å². The first-order chi connectivity index (χ1) is 11.3. The fraction of sp³-hybridized carbons (Fsp3) is 0.471. The van der Waals surface area contributed by atoms with Gasteiger partial charge in [0, 0.05) is 37.7 Å². The lowest BCUT2D eigenvalue weighted by molar-refractivity contribution is -0.132. The summed E-state index contributed by atoms with van der Waals surface area (Å²) in [7, 11) is 0. The van der Waals surface area contributed by atoms with Gasteiger partial charge in [-0.2, -0.15) is 4.98 Å². The van der Waals surface area contributed by atoms with Gasteiger partial charge in [0.1, 0.15) is 0 Å². The number of benzene rings is 1. The Hall–Kier alpha value is -2.37. The molecule has 1 saturated heterocycles. The van der Waals surface area contributed by atoms with Crippen molar-refractivity contribution in [2.24, 2.45) is 5.92 Å². The number of nitrogens with zero attached hydrogens (tertiary/aromatic N) is 4. The van der Waals surface area contributed by atoms with Gasteiger partial charge in [-0.25, -0.2) is 0 Å². The first-order valence-electron chi connectivity index (χ1n) is 8.24. The standard InChI is InChI=1S/C17H20N4O2/c22-16(14-7-8-14)20-9-4-10-21(12-11-20)17-18-15(23-19-17)13-5-2-1-3-6-13/h1-3,5-6,14H,4,7-12H2. The Labute approximate surface area is 135 Å². The van der Waals surface area contributed by atoms with E-state index in [1.54, 1.807) is 0 Å². The molecule has 23 heavy (non-hydrogen) atoms. The van der Waals surface area contributed by atoms with Gasteiger partial charge in [0.2, 0.25) is 5.91 Å². The number of carbonyl (C=O) groups excluding carboxylic acids is 1. The van der Waals surface area contributed by atoms with E-state index in [2.05, 4.69) is 15.0 Å². The van der Waals surface area contributed by atoms with Gasteiger partial charge in [0.05, 0.1) is 0 Å². The molecule has 0 spiro atoms. The maximum Gasteiger partial charge on any atom is 0.266 e. The molecule has 2 heterocycles. The van der Waals surface area contributed by atoms with Crippen LogP contribution in [0.3, 0.4) is 0 Å². The summed E-state index contributed by atoms with van der Waals surface area (Å²) in [5, 5.41) is 4.11. The van der Waals surface area contributed by atoms with Crippen molar-refractivity contribution >= 4 is 11.9 Å². The van der Waals surface area contributed by atoms with E-state index in [0.29, 0.717) is 17.7 Å². The summed E-state index contributed by atoms with van der Waals surface area (Å²) in [6.07, 6.45) is 3.06. The van der Waals surface area contributed by atoms with Crippen molar-refractivity contribution in [3.63, 3.8) is 0 Å². The van der Waals surface area contributed by atoms with E-state index in [9.17, 15) is 4.79 Å². The lowest BCUT2D eigenvalue weighted by Crippen LogP contribution is -2.36. The molecule has 1 aromatic carbocycles. The molecule has 0 unspecified atom stereocenters. The zero-order valence-corrected chi connectivity index (χ0v) is 13.0. The van der Waals surface area contributed by atoms with Gasteiger partial charge in [-0.1, -0.05) is 18.2 Å². The quantitative estimate of drug-likeness (QED) is 0.869. The van der Waals surface area contributed by atoms with Crippen molar-refractivity contribution in [2.75, 3.05) is 31.1 Å². The maximum atomic E-state index is 12.2. The van der Waals surface area contributed by atoms with Crippen molar-refractivity contribution in [1.82, 2.24) is 15.0 Å². The molecule has 120 valence electrons. The number of hydrogen-bond acceptors (Lipinski definition) is 5. The highest BCUT2D eigenvalue weighted by Gasteiger charge is 2.34. The highest BCUT2D eigenvalue weighted by molar-refractivity contribution is 5.81. The third kappa shape index (κ3) is 3.06. The summed E-state index contributed by atoms with van der Waals surface area (Å²) in [5.41, 5.74) is 0.923. The Kier molecular flexibility index (Phi) is 3.73. The van der Waals surface area contributed by atoms with Crippen LogP contribution in [0.2, 0.25) is 0 Å². The maximum absolute atomic E-state index is 12.2. The van der Waals surface area contributed by atoms with Crippen LogP contribution in [0.4, 0.5) is 5.95 Å². The van der Waals surface area contributed by atoms with Crippen molar-refractivity contribution in [1.29, 1.82) is 0 Å². The molecule has 6 nitrogen and oxygen atoms in total. The highest BCUT2D eigenvalue weighted by atomic mass is 16.5. The van der Waals surface area contributed by atoms with Crippen LogP contribution in [0.1, 0.15) is 19.3 Å². The molecule has 1 aliphatic carbocycles. The van der Waals surface area contributed by atoms with E-state index >= 15 is 0 Å². The second kappa shape index (κ2) is 6.02. The van der Waals surface area contributed by atoms with E-state index in [-0.39, 0.29) is 5.92 Å². The summed E-state index contributed by atoms with van der Waals surface area (Å²) in [5.74, 6) is 1.77. The lowest BCUT2D eigenvalue weighted by Gasteiger charge is -2.21. The third-order valence-corrected chi connectivity index (χ3v) is 4.45. The molecule has 0 atom stereocenters. The minimum absolute atomic E-state index is 0.288. The molecule has 0 bridgehead atoms. The number of anilines is 1. The van der Waals surface area contributed by atoms with Crippen LogP contribution in [0.25, 0.3) is 11.5 Å². The summed E-state index contributed by atoms with van der Waals surface area (Å²) in [4.78, 5) is 20.8. The van der Waals surface area contributed by atoms with Crippen molar-refractivity contribution in [2.45, 2.75) is 19.3 Å². The van der Waals surface area contributed by atoms with Crippen LogP contribution in [0, 0.1) is 5.92 Å². The van der Waals surface area contributed by atoms with Gasteiger partial charge in [0.25, 0.3) is 11.8 Å². The second-order valence-electron chi connectivity index (χ2n) is 6.21. The summed E-state index contributed by atoms with van der Waals surface area (Å²) >= 11 is 0. The van der Waals surface area contributed by atoms with E-state index in [1.165, 1.54) is 0 Å². The van der Waals surface area contributed by atoms with Crippen molar-refractivity contribution in [3.05, 3.63) is 30.3 Å². The summed E-state index contributed by atoms with van der Waals surface area (Å²) in [6.45, 7) is 3.17. The van der Waals surface area contributed by atoms with Gasteiger partial charge in [-0.05, 0) is 36.6 Å². The summed E-state index contributed by atoms with van der Waals surface area (Å²) < 4.78 is 5.38. The van der Waals surface area contributed by atoms with E-state index in [4.69, 9.17) is 4.52 Å². The number of rotatable bonds is 3. The topological polar surface area (TPSA) is 62.5 Å². The van der Waals surface area contributed by atoms with E-state index in [0.717, 1.165) is 51.0 Å². The summed E-state index contributed by atoms with van der Waals surface area (Å²) in [6, 6.07) is 9.77. The first kappa shape index (κ1) is 14.2. The number of carbonyl (C=O) groups is 1. The monoisotopic (exact) mass is 312 g/mol. The van der Waals surface area contributed by atoms with Crippen molar-refractivity contribution < 1.29 is 9.32 Å². The lowest BCUT2D eigenvalue weighted by atomic mass is 10.2. The molecule has 1 aromatic heterocycles. The molecule has 1 amide bonds. The molecule has 4 rings (SSSR count). The van der Waals surface area contributed by atoms with E-state index in [1.807, 2.05) is 35.2 Å². The molecule has 2 aromatic rings. The zero-order valence-electron chi connectivity index (χ0n) is 13.0. The van der Waals surface area contributed by atoms with Crippen LogP contribution in [-0.2, 0) is 4.79 Å². The molecule has 2 aliphatic rings. The van der Waals surface area contributed by atoms with Crippen LogP contribution in [0.5, 0.6) is 0 Å². The molecule has 6 heteroatoms. The van der Waals surface area contributed by atoms with Gasteiger partial charge in [0.15, 0.2) is 0 Å². The largest absolute Gasteiger partial charge is 0.341 e. The Morgan fingerprint density at radius 1 is 1.09 bits per heavy atom. The van der Waals surface area contributed by atoms with Crippen LogP contribution < -0.4 is 4.90 Å². The number of aromatic nitrogens is 2. The fourth-order valence-electron chi connectivity index (χ4n) is 2.97. The van der Waals surface area contributed by atoms with Crippen molar-refractivity contribution in [3.8, 4) is 11.5 Å². The minimum Gasteiger partial charge on any atom is -0.341 e. The Morgan fingerprint density at radius 3 is 2.70 bits per heavy atom. The highest BCUT2D eigenvalue weighted by Crippen LogP contribution is 2.31. The third-order valence-electron chi connectivity index (χ3n) is 4.45. The van der Waals surface area contributed by atoms with Crippen LogP contribution >= 0.6 is 0 Å². The van der Waals surface area contributed by atoms with Gasteiger partial charge in [-0.15, -0.1) is 0 Å². The Balaban J connectivity index is 1.44. The van der Waals surface area contributed by atoms with Gasteiger partial charge in [-0.3, -0.25) is 4.79 Å². The predicted molar refractivity (Wildman–Crippen MR) is 85.9 cm³/mol. The van der Waals surface area contributed by atoms with Crippen LogP contribution in [0.15, 0.2) is 34.9 Å². The van der Waals surface area contributed by atoms with E-state index < -0.39 is 0 Å².